The second kappa shape index (κ2) is 8.15. The van der Waals surface area contributed by atoms with Crippen LogP contribution in [-0.2, 0) is 0 Å². The number of carbonyl (C=O) groups excluding carboxylic acids is 1. The number of hydrazone groups is 1. The van der Waals surface area contributed by atoms with Crippen molar-refractivity contribution >= 4 is 35.5 Å². The maximum absolute atomic E-state index is 11.8. The number of carbonyl (C=O) groups is 1. The highest BCUT2D eigenvalue weighted by molar-refractivity contribution is 6.30. The van der Waals surface area contributed by atoms with Crippen molar-refractivity contribution in [2.75, 3.05) is 19.0 Å². The molecule has 0 bridgehead atoms. The Morgan fingerprint density at radius 3 is 2.35 bits per heavy atom. The van der Waals surface area contributed by atoms with Gasteiger partial charge in [0.25, 0.3) is 5.91 Å². The van der Waals surface area contributed by atoms with Gasteiger partial charge in [-0.25, -0.2) is 5.43 Å². The fourth-order valence-electron chi connectivity index (χ4n) is 1.84. The van der Waals surface area contributed by atoms with Crippen LogP contribution in [0.2, 0.25) is 5.02 Å². The van der Waals surface area contributed by atoms with Crippen LogP contribution >= 0.6 is 11.6 Å². The van der Waals surface area contributed by atoms with E-state index in [4.69, 9.17) is 11.6 Å². The number of rotatable bonds is 5. The quantitative estimate of drug-likeness (QED) is 0.670. The second-order valence-electron chi connectivity index (χ2n) is 5.07. The monoisotopic (exact) mass is 327 g/mol. The largest absolute Gasteiger partial charge is 0.378 e. The number of benzene rings is 2. The third-order valence-electron chi connectivity index (χ3n) is 3.13. The molecule has 0 fully saturated rings. The maximum atomic E-state index is 11.8. The standard InChI is InChI=1S/C18H18ClN3O/c1-22(2)17-11-5-14(6-12-17)4-3-13-20-21-18(23)15-7-9-16(19)10-8-15/h3-13H,1-2H3,(H,21,23)/b4-3+,20-13-. The molecule has 2 aromatic carbocycles. The summed E-state index contributed by atoms with van der Waals surface area (Å²) in [5.74, 6) is -0.276. The Hall–Kier alpha value is -2.59. The third kappa shape index (κ3) is 5.27. The number of allylic oxidation sites excluding steroid dienone is 1. The highest BCUT2D eigenvalue weighted by Gasteiger charge is 2.02. The minimum absolute atomic E-state index is 0.276. The zero-order valence-corrected chi connectivity index (χ0v) is 13.8. The molecule has 1 N–H and O–H groups in total. The average Bonchev–Trinajstić information content (AvgIpc) is 2.55. The van der Waals surface area contributed by atoms with Crippen LogP contribution < -0.4 is 10.3 Å². The Bertz CT molecular complexity index is 704. The molecule has 0 spiro atoms. The summed E-state index contributed by atoms with van der Waals surface area (Å²) in [4.78, 5) is 13.8. The Labute approximate surface area is 141 Å². The van der Waals surface area contributed by atoms with Crippen molar-refractivity contribution < 1.29 is 4.79 Å². The molecule has 0 aromatic heterocycles. The highest BCUT2D eigenvalue weighted by Crippen LogP contribution is 2.13. The molecule has 2 aromatic rings. The number of hydrogen-bond acceptors (Lipinski definition) is 3. The van der Waals surface area contributed by atoms with Gasteiger partial charge in [0, 0.05) is 36.6 Å². The van der Waals surface area contributed by atoms with Crippen LogP contribution in [0.1, 0.15) is 15.9 Å². The Balaban J connectivity index is 1.86. The molecule has 0 unspecified atom stereocenters. The summed E-state index contributed by atoms with van der Waals surface area (Å²) >= 11 is 5.77. The highest BCUT2D eigenvalue weighted by atomic mass is 35.5. The lowest BCUT2D eigenvalue weighted by molar-refractivity contribution is 0.0955. The van der Waals surface area contributed by atoms with Gasteiger partial charge in [0.15, 0.2) is 0 Å². The topological polar surface area (TPSA) is 44.7 Å². The molecule has 0 saturated carbocycles. The van der Waals surface area contributed by atoms with Crippen LogP contribution in [-0.4, -0.2) is 26.2 Å². The minimum atomic E-state index is -0.276. The molecule has 2 rings (SSSR count). The van der Waals surface area contributed by atoms with Gasteiger partial charge in [-0.2, -0.15) is 5.10 Å². The first-order valence-electron chi connectivity index (χ1n) is 7.09. The first-order chi connectivity index (χ1) is 11.1. The van der Waals surface area contributed by atoms with Gasteiger partial charge in [0.05, 0.1) is 0 Å². The van der Waals surface area contributed by atoms with E-state index in [9.17, 15) is 4.79 Å². The predicted molar refractivity (Wildman–Crippen MR) is 97.2 cm³/mol. The van der Waals surface area contributed by atoms with Gasteiger partial charge >= 0.3 is 0 Å². The molecule has 23 heavy (non-hydrogen) atoms. The van der Waals surface area contributed by atoms with Gasteiger partial charge in [-0.05, 0) is 48.0 Å². The fourth-order valence-corrected chi connectivity index (χ4v) is 1.97. The molecule has 0 radical (unpaired) electrons. The molecule has 0 saturated heterocycles. The number of anilines is 1. The van der Waals surface area contributed by atoms with Crippen LogP contribution in [0.5, 0.6) is 0 Å². The van der Waals surface area contributed by atoms with E-state index >= 15 is 0 Å². The van der Waals surface area contributed by atoms with E-state index in [1.807, 2.05) is 49.3 Å². The zero-order valence-electron chi connectivity index (χ0n) is 13.0. The smallest absolute Gasteiger partial charge is 0.271 e. The van der Waals surface area contributed by atoms with Crippen molar-refractivity contribution in [1.29, 1.82) is 0 Å². The van der Waals surface area contributed by atoms with Gasteiger partial charge in [0.2, 0.25) is 0 Å². The first kappa shape index (κ1) is 16.8. The van der Waals surface area contributed by atoms with Crippen LogP contribution in [0.15, 0.2) is 59.7 Å². The summed E-state index contributed by atoms with van der Waals surface area (Å²) in [6.45, 7) is 0. The summed E-state index contributed by atoms with van der Waals surface area (Å²) in [7, 11) is 4.00. The molecule has 0 atom stereocenters. The van der Waals surface area contributed by atoms with Gasteiger partial charge in [-0.1, -0.05) is 29.8 Å². The summed E-state index contributed by atoms with van der Waals surface area (Å²) in [6.07, 6.45) is 5.22. The molecule has 1 amide bonds. The summed E-state index contributed by atoms with van der Waals surface area (Å²) < 4.78 is 0. The van der Waals surface area contributed by atoms with Crippen LogP contribution in [0, 0.1) is 0 Å². The molecule has 5 heteroatoms. The van der Waals surface area contributed by atoms with Gasteiger partial charge < -0.3 is 4.90 Å². The molecular formula is C18H18ClN3O. The lowest BCUT2D eigenvalue weighted by atomic mass is 10.2. The van der Waals surface area contributed by atoms with E-state index < -0.39 is 0 Å². The number of hydrogen-bond donors (Lipinski definition) is 1. The number of halogens is 1. The molecule has 0 aliphatic heterocycles. The van der Waals surface area contributed by atoms with Crippen molar-refractivity contribution in [2.45, 2.75) is 0 Å². The van der Waals surface area contributed by atoms with Gasteiger partial charge in [-0.3, -0.25) is 4.79 Å². The SMILES string of the molecule is CN(C)c1ccc(/C=C/C=N\NC(=O)c2ccc(Cl)cc2)cc1. The predicted octanol–water partition coefficient (Wildman–Crippen LogP) is 3.84. The lowest BCUT2D eigenvalue weighted by Crippen LogP contribution is -2.17. The van der Waals surface area contributed by atoms with E-state index in [0.717, 1.165) is 11.3 Å². The Morgan fingerprint density at radius 1 is 1.09 bits per heavy atom. The number of nitrogens with one attached hydrogen (secondary N) is 1. The van der Waals surface area contributed by atoms with E-state index in [2.05, 4.69) is 10.5 Å². The van der Waals surface area contributed by atoms with Crippen molar-refractivity contribution in [1.82, 2.24) is 5.43 Å². The first-order valence-corrected chi connectivity index (χ1v) is 7.47. The molecule has 0 aliphatic rings. The van der Waals surface area contributed by atoms with E-state index in [-0.39, 0.29) is 5.91 Å². The van der Waals surface area contributed by atoms with Crippen LogP contribution in [0.4, 0.5) is 5.69 Å². The molecule has 0 aliphatic carbocycles. The van der Waals surface area contributed by atoms with E-state index in [1.54, 1.807) is 30.3 Å². The lowest BCUT2D eigenvalue weighted by Gasteiger charge is -2.11. The maximum Gasteiger partial charge on any atom is 0.271 e. The zero-order chi connectivity index (χ0) is 16.7. The van der Waals surface area contributed by atoms with Crippen molar-refractivity contribution in [2.24, 2.45) is 5.10 Å². The average molecular weight is 328 g/mol. The summed E-state index contributed by atoms with van der Waals surface area (Å²) in [6, 6.07) is 14.7. The van der Waals surface area contributed by atoms with E-state index in [1.165, 1.54) is 6.21 Å². The molecule has 4 nitrogen and oxygen atoms in total. The van der Waals surface area contributed by atoms with E-state index in [0.29, 0.717) is 10.6 Å². The van der Waals surface area contributed by atoms with Crippen molar-refractivity contribution in [3.05, 3.63) is 70.8 Å². The van der Waals surface area contributed by atoms with Crippen LogP contribution in [0.3, 0.4) is 0 Å². The molecule has 118 valence electrons. The summed E-state index contributed by atoms with van der Waals surface area (Å²) in [5.41, 5.74) is 5.17. The normalized spacial score (nSPS) is 11.1. The fraction of sp³-hybridized carbons (Fsp3) is 0.111. The van der Waals surface area contributed by atoms with Crippen LogP contribution in [0.25, 0.3) is 6.08 Å². The van der Waals surface area contributed by atoms with Crippen molar-refractivity contribution in [3.8, 4) is 0 Å². The number of nitrogens with zero attached hydrogens (tertiary/aromatic N) is 2. The minimum Gasteiger partial charge on any atom is -0.378 e. The molecule has 0 heterocycles. The second-order valence-corrected chi connectivity index (χ2v) is 5.51. The van der Waals surface area contributed by atoms with Crippen molar-refractivity contribution in [3.63, 3.8) is 0 Å². The Morgan fingerprint density at radius 2 is 1.74 bits per heavy atom. The Kier molecular flexibility index (Phi) is 5.94. The number of amides is 1. The van der Waals surface area contributed by atoms with Gasteiger partial charge in [-0.15, -0.1) is 0 Å². The van der Waals surface area contributed by atoms with Gasteiger partial charge in [0.1, 0.15) is 0 Å². The third-order valence-corrected chi connectivity index (χ3v) is 3.38. The summed E-state index contributed by atoms with van der Waals surface area (Å²) in [5, 5.41) is 4.47. The molecular weight excluding hydrogens is 310 g/mol.